The van der Waals surface area contributed by atoms with Gasteiger partial charge in [0.05, 0.1) is 10.2 Å². The molecule has 0 unspecified atom stereocenters. The molecule has 1 N–H and O–H groups in total. The number of para-hydroxylation sites is 1. The first kappa shape index (κ1) is 11.7. The van der Waals surface area contributed by atoms with Crippen molar-refractivity contribution in [2.45, 2.75) is 6.92 Å². The van der Waals surface area contributed by atoms with Gasteiger partial charge >= 0.3 is 0 Å². The van der Waals surface area contributed by atoms with Crippen LogP contribution in [0, 0.1) is 6.92 Å². The van der Waals surface area contributed by atoms with Crippen molar-refractivity contribution in [1.29, 1.82) is 0 Å². The molecule has 0 saturated heterocycles. The van der Waals surface area contributed by atoms with E-state index in [0.29, 0.717) is 0 Å². The van der Waals surface area contributed by atoms with Crippen LogP contribution in [0.15, 0.2) is 46.9 Å². The van der Waals surface area contributed by atoms with Gasteiger partial charge in [-0.1, -0.05) is 45.5 Å². The SMILES string of the molecule is Cc1cccc2sc(Nc3cccc(Br)c3)nc12. The summed E-state index contributed by atoms with van der Waals surface area (Å²) in [5.41, 5.74) is 3.34. The topological polar surface area (TPSA) is 24.9 Å². The highest BCUT2D eigenvalue weighted by Crippen LogP contribution is 2.30. The van der Waals surface area contributed by atoms with Crippen molar-refractivity contribution >= 4 is 48.3 Å². The first-order valence-corrected chi connectivity index (χ1v) is 7.22. The largest absolute Gasteiger partial charge is 0.331 e. The van der Waals surface area contributed by atoms with E-state index in [0.717, 1.165) is 20.8 Å². The lowest BCUT2D eigenvalue weighted by molar-refractivity contribution is 1.40. The fourth-order valence-corrected chi connectivity index (χ4v) is 3.19. The molecule has 1 aromatic heterocycles. The average Bonchev–Trinajstić information content (AvgIpc) is 2.73. The molecule has 90 valence electrons. The van der Waals surface area contributed by atoms with Gasteiger partial charge in [-0.25, -0.2) is 4.98 Å². The molecule has 0 spiro atoms. The van der Waals surface area contributed by atoms with Gasteiger partial charge in [-0.3, -0.25) is 0 Å². The lowest BCUT2D eigenvalue weighted by Crippen LogP contribution is -1.88. The van der Waals surface area contributed by atoms with Crippen molar-refractivity contribution in [1.82, 2.24) is 4.98 Å². The summed E-state index contributed by atoms with van der Waals surface area (Å²) in [6.07, 6.45) is 0. The minimum Gasteiger partial charge on any atom is -0.331 e. The number of benzene rings is 2. The molecule has 0 aliphatic rings. The van der Waals surface area contributed by atoms with E-state index in [9.17, 15) is 0 Å². The number of rotatable bonds is 2. The highest BCUT2D eigenvalue weighted by atomic mass is 79.9. The highest BCUT2D eigenvalue weighted by molar-refractivity contribution is 9.10. The highest BCUT2D eigenvalue weighted by Gasteiger charge is 2.05. The van der Waals surface area contributed by atoms with Crippen LogP contribution in [0.5, 0.6) is 0 Å². The molecule has 0 bridgehead atoms. The van der Waals surface area contributed by atoms with Gasteiger partial charge in [0, 0.05) is 10.2 Å². The fraction of sp³-hybridized carbons (Fsp3) is 0.0714. The number of hydrogen-bond donors (Lipinski definition) is 1. The van der Waals surface area contributed by atoms with E-state index in [1.54, 1.807) is 11.3 Å². The summed E-state index contributed by atoms with van der Waals surface area (Å²) in [5.74, 6) is 0. The van der Waals surface area contributed by atoms with Crippen molar-refractivity contribution in [2.24, 2.45) is 0 Å². The van der Waals surface area contributed by atoms with Crippen LogP contribution in [-0.2, 0) is 0 Å². The summed E-state index contributed by atoms with van der Waals surface area (Å²) in [6.45, 7) is 2.09. The van der Waals surface area contributed by atoms with Crippen molar-refractivity contribution in [3.63, 3.8) is 0 Å². The lowest BCUT2D eigenvalue weighted by atomic mass is 10.2. The van der Waals surface area contributed by atoms with Gasteiger partial charge in [0.25, 0.3) is 0 Å². The molecule has 3 rings (SSSR count). The van der Waals surface area contributed by atoms with Gasteiger partial charge in [-0.2, -0.15) is 0 Å². The molecule has 2 aromatic carbocycles. The molecular weight excluding hydrogens is 308 g/mol. The summed E-state index contributed by atoms with van der Waals surface area (Å²) in [6, 6.07) is 14.3. The third-order valence-corrected chi connectivity index (χ3v) is 4.13. The number of nitrogens with one attached hydrogen (secondary N) is 1. The Bertz CT molecular complexity index is 706. The summed E-state index contributed by atoms with van der Waals surface area (Å²) in [4.78, 5) is 4.63. The molecule has 1 heterocycles. The molecule has 0 aliphatic carbocycles. The molecule has 2 nitrogen and oxygen atoms in total. The van der Waals surface area contributed by atoms with Crippen molar-refractivity contribution < 1.29 is 0 Å². The van der Waals surface area contributed by atoms with E-state index >= 15 is 0 Å². The monoisotopic (exact) mass is 318 g/mol. The van der Waals surface area contributed by atoms with Gasteiger partial charge in [0.1, 0.15) is 0 Å². The molecule has 0 aliphatic heterocycles. The third-order valence-electron chi connectivity index (χ3n) is 2.70. The van der Waals surface area contributed by atoms with Crippen LogP contribution in [0.1, 0.15) is 5.56 Å². The molecule has 0 saturated carbocycles. The zero-order valence-corrected chi connectivity index (χ0v) is 12.2. The van der Waals surface area contributed by atoms with E-state index in [4.69, 9.17) is 0 Å². The Morgan fingerprint density at radius 2 is 2.00 bits per heavy atom. The van der Waals surface area contributed by atoms with Crippen molar-refractivity contribution in [3.8, 4) is 0 Å². The van der Waals surface area contributed by atoms with Gasteiger partial charge in [0.2, 0.25) is 0 Å². The van der Waals surface area contributed by atoms with Gasteiger partial charge in [0.15, 0.2) is 5.13 Å². The van der Waals surface area contributed by atoms with E-state index in [-0.39, 0.29) is 0 Å². The Kier molecular flexibility index (Phi) is 3.06. The Labute approximate surface area is 118 Å². The van der Waals surface area contributed by atoms with Crippen LogP contribution in [0.3, 0.4) is 0 Å². The summed E-state index contributed by atoms with van der Waals surface area (Å²) in [5, 5.41) is 4.27. The first-order chi connectivity index (χ1) is 8.72. The number of hydrogen-bond acceptors (Lipinski definition) is 3. The normalized spacial score (nSPS) is 10.8. The zero-order chi connectivity index (χ0) is 12.5. The molecule has 3 aromatic rings. The summed E-state index contributed by atoms with van der Waals surface area (Å²) < 4.78 is 2.28. The number of fused-ring (bicyclic) bond motifs is 1. The Morgan fingerprint density at radius 1 is 1.17 bits per heavy atom. The second kappa shape index (κ2) is 4.71. The fourth-order valence-electron chi connectivity index (χ4n) is 1.83. The molecule has 0 amide bonds. The number of anilines is 2. The molecule has 18 heavy (non-hydrogen) atoms. The van der Waals surface area contributed by atoms with Crippen LogP contribution in [0.4, 0.5) is 10.8 Å². The zero-order valence-electron chi connectivity index (χ0n) is 9.77. The maximum absolute atomic E-state index is 4.63. The molecular formula is C14H11BrN2S. The van der Waals surface area contributed by atoms with Crippen LogP contribution >= 0.6 is 27.3 Å². The lowest BCUT2D eigenvalue weighted by Gasteiger charge is -2.01. The second-order valence-corrected chi connectivity index (χ2v) is 6.02. The van der Waals surface area contributed by atoms with Crippen molar-refractivity contribution in [3.05, 3.63) is 52.5 Å². The van der Waals surface area contributed by atoms with Gasteiger partial charge in [-0.05, 0) is 36.8 Å². The average molecular weight is 319 g/mol. The summed E-state index contributed by atoms with van der Waals surface area (Å²) in [7, 11) is 0. The number of nitrogens with zero attached hydrogens (tertiary/aromatic N) is 1. The Morgan fingerprint density at radius 3 is 2.78 bits per heavy atom. The Hall–Kier alpha value is -1.39. The summed E-state index contributed by atoms with van der Waals surface area (Å²) >= 11 is 5.14. The number of thiazole rings is 1. The maximum Gasteiger partial charge on any atom is 0.188 e. The molecule has 0 radical (unpaired) electrons. The molecule has 4 heteroatoms. The Balaban J connectivity index is 1.98. The molecule has 0 atom stereocenters. The van der Waals surface area contributed by atoms with E-state index in [2.05, 4.69) is 51.4 Å². The van der Waals surface area contributed by atoms with Crippen LogP contribution in [0.25, 0.3) is 10.2 Å². The van der Waals surface area contributed by atoms with Crippen LogP contribution in [-0.4, -0.2) is 4.98 Å². The number of aromatic nitrogens is 1. The van der Waals surface area contributed by atoms with E-state index in [1.165, 1.54) is 10.3 Å². The first-order valence-electron chi connectivity index (χ1n) is 5.61. The predicted octanol–water partition coefficient (Wildman–Crippen LogP) is 5.11. The minimum absolute atomic E-state index is 0.928. The van der Waals surface area contributed by atoms with Crippen LogP contribution < -0.4 is 5.32 Å². The second-order valence-electron chi connectivity index (χ2n) is 4.08. The van der Waals surface area contributed by atoms with Gasteiger partial charge < -0.3 is 5.32 Å². The minimum atomic E-state index is 0.928. The third kappa shape index (κ3) is 2.26. The number of aryl methyl sites for hydroxylation is 1. The van der Waals surface area contributed by atoms with Crippen molar-refractivity contribution in [2.75, 3.05) is 5.32 Å². The molecule has 0 fully saturated rings. The van der Waals surface area contributed by atoms with Gasteiger partial charge in [-0.15, -0.1) is 0 Å². The standard InChI is InChI=1S/C14H11BrN2S/c1-9-4-2-7-12-13(9)17-14(18-12)16-11-6-3-5-10(15)8-11/h2-8H,1H3,(H,16,17). The smallest absolute Gasteiger partial charge is 0.188 e. The van der Waals surface area contributed by atoms with E-state index in [1.807, 2.05) is 24.3 Å². The predicted molar refractivity (Wildman–Crippen MR) is 81.8 cm³/mol. The van der Waals surface area contributed by atoms with E-state index < -0.39 is 0 Å². The quantitative estimate of drug-likeness (QED) is 0.710. The van der Waals surface area contributed by atoms with Crippen LogP contribution in [0.2, 0.25) is 0 Å². The maximum atomic E-state index is 4.63. The number of halogens is 1.